The Morgan fingerprint density at radius 2 is 2.13 bits per heavy atom. The van der Waals surface area contributed by atoms with E-state index < -0.39 is 0 Å². The predicted molar refractivity (Wildman–Crippen MR) is 52.3 cm³/mol. The Labute approximate surface area is 86.4 Å². The summed E-state index contributed by atoms with van der Waals surface area (Å²) >= 11 is 0. The van der Waals surface area contributed by atoms with Gasteiger partial charge < -0.3 is 9.84 Å². The summed E-state index contributed by atoms with van der Waals surface area (Å²) in [6, 6.07) is 3.54. The van der Waals surface area contributed by atoms with Gasteiger partial charge in [0.15, 0.2) is 0 Å². The lowest BCUT2D eigenvalue weighted by molar-refractivity contribution is 0.276. The molecule has 0 aromatic carbocycles. The van der Waals surface area contributed by atoms with Gasteiger partial charge in [0.25, 0.3) is 0 Å². The van der Waals surface area contributed by atoms with Crippen LogP contribution >= 0.6 is 0 Å². The second kappa shape index (κ2) is 4.47. The first-order valence-corrected chi connectivity index (χ1v) is 4.38. The van der Waals surface area contributed by atoms with Crippen molar-refractivity contribution in [2.75, 3.05) is 0 Å². The number of pyridine rings is 1. The third kappa shape index (κ3) is 2.47. The summed E-state index contributed by atoms with van der Waals surface area (Å²) in [4.78, 5) is 11.8. The van der Waals surface area contributed by atoms with Crippen molar-refractivity contribution in [2.45, 2.75) is 6.61 Å². The molecular formula is C10H9N3O2. The number of hydrogen-bond donors (Lipinski definition) is 1. The van der Waals surface area contributed by atoms with E-state index in [1.54, 1.807) is 24.5 Å². The highest BCUT2D eigenvalue weighted by molar-refractivity contribution is 5.21. The van der Waals surface area contributed by atoms with E-state index in [0.29, 0.717) is 17.3 Å². The monoisotopic (exact) mass is 203 g/mol. The molecule has 5 heteroatoms. The van der Waals surface area contributed by atoms with E-state index in [1.807, 2.05) is 0 Å². The van der Waals surface area contributed by atoms with E-state index in [2.05, 4.69) is 15.0 Å². The molecule has 15 heavy (non-hydrogen) atoms. The van der Waals surface area contributed by atoms with Crippen LogP contribution in [0, 0.1) is 0 Å². The van der Waals surface area contributed by atoms with Gasteiger partial charge in [-0.3, -0.25) is 9.97 Å². The number of hydrogen-bond acceptors (Lipinski definition) is 5. The smallest absolute Gasteiger partial charge is 0.237 e. The Hall–Kier alpha value is -2.01. The molecule has 0 bridgehead atoms. The fourth-order valence-corrected chi connectivity index (χ4v) is 1.01. The fourth-order valence-electron chi connectivity index (χ4n) is 1.01. The first kappa shape index (κ1) is 9.54. The van der Waals surface area contributed by atoms with Crippen LogP contribution in [0.2, 0.25) is 0 Å². The summed E-state index contributed by atoms with van der Waals surface area (Å²) in [6.07, 6.45) is 6.17. The summed E-state index contributed by atoms with van der Waals surface area (Å²) in [5.74, 6) is 0.976. The van der Waals surface area contributed by atoms with E-state index in [0.717, 1.165) is 0 Å². The van der Waals surface area contributed by atoms with Crippen LogP contribution in [0.3, 0.4) is 0 Å². The van der Waals surface area contributed by atoms with Gasteiger partial charge in [0.2, 0.25) is 5.88 Å². The highest BCUT2D eigenvalue weighted by atomic mass is 16.5. The van der Waals surface area contributed by atoms with E-state index in [9.17, 15) is 0 Å². The molecular weight excluding hydrogens is 194 g/mol. The quantitative estimate of drug-likeness (QED) is 0.810. The minimum atomic E-state index is -0.125. The first-order valence-electron chi connectivity index (χ1n) is 4.38. The van der Waals surface area contributed by atoms with Crippen LogP contribution in [0.4, 0.5) is 0 Å². The Morgan fingerprint density at radius 3 is 2.73 bits per heavy atom. The minimum absolute atomic E-state index is 0.125. The van der Waals surface area contributed by atoms with Crippen molar-refractivity contribution in [3.05, 3.63) is 42.6 Å². The van der Waals surface area contributed by atoms with Crippen LogP contribution in [-0.4, -0.2) is 20.1 Å². The number of aliphatic hydroxyl groups excluding tert-OH is 1. The van der Waals surface area contributed by atoms with Crippen LogP contribution in [0.5, 0.6) is 11.6 Å². The number of rotatable bonds is 3. The molecule has 0 radical (unpaired) electrons. The van der Waals surface area contributed by atoms with E-state index in [1.165, 1.54) is 12.4 Å². The van der Waals surface area contributed by atoms with Crippen LogP contribution in [0.1, 0.15) is 5.69 Å². The Kier molecular flexibility index (Phi) is 2.85. The molecule has 1 N–H and O–H groups in total. The van der Waals surface area contributed by atoms with Gasteiger partial charge in [0.1, 0.15) is 5.75 Å². The molecule has 2 heterocycles. The molecule has 2 rings (SSSR count). The number of nitrogens with zero attached hydrogens (tertiary/aromatic N) is 3. The lowest BCUT2D eigenvalue weighted by Crippen LogP contribution is -1.93. The largest absolute Gasteiger partial charge is 0.436 e. The molecule has 76 valence electrons. The molecule has 2 aromatic heterocycles. The van der Waals surface area contributed by atoms with Crippen molar-refractivity contribution in [3.8, 4) is 11.6 Å². The zero-order chi connectivity index (χ0) is 10.5. The highest BCUT2D eigenvalue weighted by Gasteiger charge is 1.99. The normalized spacial score (nSPS) is 9.93. The van der Waals surface area contributed by atoms with E-state index in [4.69, 9.17) is 9.84 Å². The highest BCUT2D eigenvalue weighted by Crippen LogP contribution is 2.16. The van der Waals surface area contributed by atoms with Crippen LogP contribution in [0.25, 0.3) is 0 Å². The van der Waals surface area contributed by atoms with Crippen LogP contribution < -0.4 is 4.74 Å². The maximum Gasteiger partial charge on any atom is 0.237 e. The zero-order valence-corrected chi connectivity index (χ0v) is 7.87. The Morgan fingerprint density at radius 1 is 1.20 bits per heavy atom. The summed E-state index contributed by atoms with van der Waals surface area (Å²) in [6.45, 7) is -0.125. The molecule has 0 saturated heterocycles. The molecule has 5 nitrogen and oxygen atoms in total. The maximum absolute atomic E-state index is 8.76. The van der Waals surface area contributed by atoms with Crippen molar-refractivity contribution in [1.82, 2.24) is 15.0 Å². The van der Waals surface area contributed by atoms with Crippen LogP contribution in [0.15, 0.2) is 36.9 Å². The Balaban J connectivity index is 2.11. The lowest BCUT2D eigenvalue weighted by Gasteiger charge is -2.03. The van der Waals surface area contributed by atoms with Crippen molar-refractivity contribution >= 4 is 0 Å². The molecule has 0 saturated carbocycles. The van der Waals surface area contributed by atoms with E-state index >= 15 is 0 Å². The zero-order valence-electron chi connectivity index (χ0n) is 7.87. The van der Waals surface area contributed by atoms with Crippen molar-refractivity contribution in [1.29, 1.82) is 0 Å². The molecule has 0 spiro atoms. The maximum atomic E-state index is 8.76. The summed E-state index contributed by atoms with van der Waals surface area (Å²) in [5.41, 5.74) is 0.508. The van der Waals surface area contributed by atoms with Crippen LogP contribution in [-0.2, 0) is 6.61 Å². The number of ether oxygens (including phenoxy) is 1. The van der Waals surface area contributed by atoms with Crippen molar-refractivity contribution in [2.24, 2.45) is 0 Å². The standard InChI is InChI=1S/C10H9N3O2/c14-7-8-4-13-10(6-12-8)15-9-2-1-3-11-5-9/h1-6,14H,7H2. The molecule has 0 fully saturated rings. The third-order valence-corrected chi connectivity index (χ3v) is 1.70. The summed E-state index contributed by atoms with van der Waals surface area (Å²) in [7, 11) is 0. The molecule has 0 atom stereocenters. The van der Waals surface area contributed by atoms with Gasteiger partial charge in [-0.05, 0) is 12.1 Å². The van der Waals surface area contributed by atoms with Gasteiger partial charge in [-0.2, -0.15) is 0 Å². The Bertz CT molecular complexity index is 416. The lowest BCUT2D eigenvalue weighted by atomic mass is 10.4. The average molecular weight is 203 g/mol. The molecule has 0 unspecified atom stereocenters. The second-order valence-corrected chi connectivity index (χ2v) is 2.79. The van der Waals surface area contributed by atoms with Gasteiger partial charge in [-0.25, -0.2) is 4.98 Å². The van der Waals surface area contributed by atoms with Crippen molar-refractivity contribution in [3.63, 3.8) is 0 Å². The van der Waals surface area contributed by atoms with Gasteiger partial charge in [-0.1, -0.05) is 0 Å². The number of aliphatic hydroxyl groups is 1. The molecule has 2 aromatic rings. The van der Waals surface area contributed by atoms with Gasteiger partial charge in [0.05, 0.1) is 30.9 Å². The third-order valence-electron chi connectivity index (χ3n) is 1.70. The molecule has 0 aliphatic carbocycles. The number of aromatic nitrogens is 3. The SMILES string of the molecule is OCc1cnc(Oc2cccnc2)cn1. The minimum Gasteiger partial charge on any atom is -0.436 e. The topological polar surface area (TPSA) is 68.1 Å². The van der Waals surface area contributed by atoms with Crippen molar-refractivity contribution < 1.29 is 9.84 Å². The second-order valence-electron chi connectivity index (χ2n) is 2.79. The van der Waals surface area contributed by atoms with Gasteiger partial charge >= 0.3 is 0 Å². The van der Waals surface area contributed by atoms with Gasteiger partial charge in [-0.15, -0.1) is 0 Å². The summed E-state index contributed by atoms with van der Waals surface area (Å²) < 4.78 is 5.36. The van der Waals surface area contributed by atoms with Gasteiger partial charge in [0, 0.05) is 6.20 Å². The molecule has 0 aliphatic heterocycles. The first-order chi connectivity index (χ1) is 7.38. The predicted octanol–water partition coefficient (Wildman–Crippen LogP) is 1.16. The average Bonchev–Trinajstić information content (AvgIpc) is 2.31. The van der Waals surface area contributed by atoms with E-state index in [-0.39, 0.29) is 6.61 Å². The molecule has 0 amide bonds. The fraction of sp³-hybridized carbons (Fsp3) is 0.100. The molecule has 0 aliphatic rings. The summed E-state index contributed by atoms with van der Waals surface area (Å²) in [5, 5.41) is 8.76.